The fraction of sp³-hybridized carbons (Fsp3) is 0. The van der Waals surface area contributed by atoms with Crippen molar-refractivity contribution in [2.45, 2.75) is 0 Å². The zero-order valence-electron chi connectivity index (χ0n) is 39.9. The monoisotopic (exact) mass is 936 g/mol. The van der Waals surface area contributed by atoms with E-state index < -0.39 is 0 Å². The molecule has 3 heterocycles. The second-order valence-corrected chi connectivity index (χ2v) is 19.7. The van der Waals surface area contributed by atoms with Gasteiger partial charge in [-0.05, 0) is 118 Å². The van der Waals surface area contributed by atoms with Crippen LogP contribution in [-0.2, 0) is 0 Å². The molecule has 0 saturated carbocycles. The second kappa shape index (κ2) is 15.8. The zero-order valence-corrected chi connectivity index (χ0v) is 39.9. The van der Waals surface area contributed by atoms with Gasteiger partial charge in [-0.3, -0.25) is 0 Å². The Morgan fingerprint density at radius 3 is 1.23 bits per heavy atom. The summed E-state index contributed by atoms with van der Waals surface area (Å²) in [4.78, 5) is 21.4. The van der Waals surface area contributed by atoms with Crippen molar-refractivity contribution in [2.24, 2.45) is 0 Å². The summed E-state index contributed by atoms with van der Waals surface area (Å²) >= 11 is 0. The van der Waals surface area contributed by atoms with Gasteiger partial charge in [0, 0.05) is 44.0 Å². The lowest BCUT2D eigenvalue weighted by atomic mass is 9.86. The first kappa shape index (κ1) is 40.8. The lowest BCUT2D eigenvalue weighted by molar-refractivity contribution is 1.23. The summed E-state index contributed by atoms with van der Waals surface area (Å²) in [6.07, 6.45) is 0. The summed E-state index contributed by atoms with van der Waals surface area (Å²) in [6, 6.07) is 87.7. The molecule has 340 valence electrons. The van der Waals surface area contributed by atoms with Crippen LogP contribution in [0.3, 0.4) is 0 Å². The van der Waals surface area contributed by atoms with Crippen LogP contribution in [0.2, 0.25) is 0 Å². The molecule has 0 fully saturated rings. The molecule has 0 unspecified atom stereocenters. The van der Waals surface area contributed by atoms with Crippen molar-refractivity contribution >= 4 is 97.3 Å². The third kappa shape index (κ3) is 6.28. The van der Waals surface area contributed by atoms with Crippen molar-refractivity contribution in [1.82, 2.24) is 19.9 Å². The number of hydrogen-bond acceptors (Lipinski definition) is 4. The summed E-state index contributed by atoms with van der Waals surface area (Å²) in [5, 5.41) is 18.2. The van der Waals surface area contributed by atoms with E-state index in [1.165, 1.54) is 70.2 Å². The minimum Gasteiger partial charge on any atom is -0.248 e. The van der Waals surface area contributed by atoms with Crippen molar-refractivity contribution in [3.63, 3.8) is 0 Å². The van der Waals surface area contributed by atoms with E-state index in [1.54, 1.807) is 0 Å². The fourth-order valence-corrected chi connectivity index (χ4v) is 11.9. The molecule has 0 saturated heterocycles. The first-order valence-electron chi connectivity index (χ1n) is 25.3. The first-order valence-corrected chi connectivity index (χ1v) is 25.3. The Hall–Kier alpha value is -9.90. The van der Waals surface area contributed by atoms with Gasteiger partial charge in [0.05, 0.1) is 33.6 Å². The van der Waals surface area contributed by atoms with Crippen LogP contribution < -0.4 is 0 Å². The van der Waals surface area contributed by atoms with Gasteiger partial charge in [-0.15, -0.1) is 0 Å². The third-order valence-corrected chi connectivity index (χ3v) is 15.5. The molecule has 0 aliphatic carbocycles. The molecule has 0 spiro atoms. The number of hydrogen-bond donors (Lipinski definition) is 0. The number of para-hydroxylation sites is 2. The molecule has 0 amide bonds. The maximum absolute atomic E-state index is 5.68. The van der Waals surface area contributed by atoms with Crippen LogP contribution in [0, 0.1) is 0 Å². The first-order chi connectivity index (χ1) is 36.6. The Bertz CT molecular complexity index is 4910. The lowest BCUT2D eigenvalue weighted by Gasteiger charge is -2.19. The molecule has 0 N–H and O–H groups in total. The molecule has 0 aliphatic heterocycles. The van der Waals surface area contributed by atoms with Crippen LogP contribution >= 0.6 is 0 Å². The average Bonchev–Trinajstić information content (AvgIpc) is 3.47. The van der Waals surface area contributed by atoms with Crippen LogP contribution in [0.5, 0.6) is 0 Å². The van der Waals surface area contributed by atoms with Crippen molar-refractivity contribution < 1.29 is 0 Å². The van der Waals surface area contributed by atoms with E-state index in [2.05, 4.69) is 231 Å². The van der Waals surface area contributed by atoms with Gasteiger partial charge in [-0.1, -0.05) is 206 Å². The quantitative estimate of drug-likeness (QED) is 0.156. The van der Waals surface area contributed by atoms with Crippen LogP contribution in [0.4, 0.5) is 0 Å². The standard InChI is InChI=1S/C70H40N4/c1-3-13-60-41(7-1)31-37-62(71-60)43-15-23-51(24-16-43)68-59-40-53(54-33-27-49-21-19-45-9-5-11-47-29-35-56(54)66(49)64(45)47)39-58(55-34-28-50-22-20-46-10-6-12-48-30-36-57(55)67(50)65(46)48)69(59)74-70(73-68)52-25-17-44(18-26-52)63-38-32-42-8-2-4-14-61(42)72-63/h1-40H. The zero-order chi connectivity index (χ0) is 48.4. The predicted molar refractivity (Wildman–Crippen MR) is 310 cm³/mol. The number of benzene rings is 13. The third-order valence-electron chi connectivity index (χ3n) is 15.5. The Kier molecular flexibility index (Phi) is 8.71. The van der Waals surface area contributed by atoms with E-state index in [0.717, 1.165) is 88.7 Å². The van der Waals surface area contributed by atoms with Crippen LogP contribution in [0.15, 0.2) is 243 Å². The number of pyridine rings is 2. The number of aromatic nitrogens is 4. The predicted octanol–water partition coefficient (Wildman–Crippen LogP) is 18.5. The Morgan fingerprint density at radius 2 is 0.662 bits per heavy atom. The molecule has 16 rings (SSSR count). The Labute approximate surface area is 425 Å². The van der Waals surface area contributed by atoms with Gasteiger partial charge in [0.2, 0.25) is 0 Å². The molecule has 4 nitrogen and oxygen atoms in total. The van der Waals surface area contributed by atoms with Crippen LogP contribution in [0.25, 0.3) is 165 Å². The molecule has 0 radical (unpaired) electrons. The number of nitrogens with zero attached hydrogens (tertiary/aromatic N) is 4. The van der Waals surface area contributed by atoms with Crippen molar-refractivity contribution in [1.29, 1.82) is 0 Å². The smallest absolute Gasteiger partial charge is 0.160 e. The van der Waals surface area contributed by atoms with E-state index in [4.69, 9.17) is 19.9 Å². The van der Waals surface area contributed by atoms with Gasteiger partial charge in [0.1, 0.15) is 0 Å². The molecule has 13 aromatic carbocycles. The molecule has 16 aromatic rings. The highest BCUT2D eigenvalue weighted by Crippen LogP contribution is 2.46. The molecule has 0 aliphatic rings. The highest BCUT2D eigenvalue weighted by atomic mass is 14.9. The molecule has 0 atom stereocenters. The van der Waals surface area contributed by atoms with Gasteiger partial charge in [-0.25, -0.2) is 19.9 Å². The SMILES string of the molecule is c1ccc2nc(-c3ccc(-c4nc(-c5ccc(-c6ccc7ccccc7n6)cc5)c5cc(-c6ccc7ccc8cccc9ccc6c7c89)cc(-c6ccc7ccc8cccc9ccc6c7c89)c5n4)cc3)ccc2c1. The van der Waals surface area contributed by atoms with E-state index >= 15 is 0 Å². The van der Waals surface area contributed by atoms with Gasteiger partial charge >= 0.3 is 0 Å². The summed E-state index contributed by atoms with van der Waals surface area (Å²) < 4.78 is 0. The summed E-state index contributed by atoms with van der Waals surface area (Å²) in [6.45, 7) is 0. The van der Waals surface area contributed by atoms with Gasteiger partial charge in [0.15, 0.2) is 5.82 Å². The highest BCUT2D eigenvalue weighted by molar-refractivity contribution is 6.28. The maximum Gasteiger partial charge on any atom is 0.160 e. The molecule has 74 heavy (non-hydrogen) atoms. The van der Waals surface area contributed by atoms with Crippen LogP contribution in [-0.4, -0.2) is 19.9 Å². The topological polar surface area (TPSA) is 51.6 Å². The Balaban J connectivity index is 0.969. The van der Waals surface area contributed by atoms with E-state index in [0.29, 0.717) is 5.82 Å². The normalized spacial score (nSPS) is 12.1. The summed E-state index contributed by atoms with van der Waals surface area (Å²) in [5.41, 5.74) is 14.0. The molecular formula is C70H40N4. The maximum atomic E-state index is 5.68. The Morgan fingerprint density at radius 1 is 0.230 bits per heavy atom. The molecule has 3 aromatic heterocycles. The number of rotatable bonds is 6. The summed E-state index contributed by atoms with van der Waals surface area (Å²) in [5.74, 6) is 0.653. The van der Waals surface area contributed by atoms with Gasteiger partial charge in [0.25, 0.3) is 0 Å². The summed E-state index contributed by atoms with van der Waals surface area (Å²) in [7, 11) is 0. The van der Waals surface area contributed by atoms with E-state index in [1.807, 2.05) is 12.1 Å². The number of fused-ring (bicyclic) bond motifs is 3. The molecular weight excluding hydrogens is 897 g/mol. The van der Waals surface area contributed by atoms with Crippen LogP contribution in [0.1, 0.15) is 0 Å². The van der Waals surface area contributed by atoms with E-state index in [9.17, 15) is 0 Å². The van der Waals surface area contributed by atoms with E-state index in [-0.39, 0.29) is 0 Å². The highest BCUT2D eigenvalue weighted by Gasteiger charge is 2.22. The average molecular weight is 937 g/mol. The lowest BCUT2D eigenvalue weighted by Crippen LogP contribution is -1.99. The minimum absolute atomic E-state index is 0.653. The second-order valence-electron chi connectivity index (χ2n) is 19.7. The van der Waals surface area contributed by atoms with Crippen molar-refractivity contribution in [3.8, 4) is 67.4 Å². The van der Waals surface area contributed by atoms with Crippen molar-refractivity contribution in [2.75, 3.05) is 0 Å². The minimum atomic E-state index is 0.653. The fourth-order valence-electron chi connectivity index (χ4n) is 11.9. The molecule has 4 heteroatoms. The van der Waals surface area contributed by atoms with Gasteiger partial charge < -0.3 is 0 Å². The van der Waals surface area contributed by atoms with Gasteiger partial charge in [-0.2, -0.15) is 0 Å². The molecule has 0 bridgehead atoms. The largest absolute Gasteiger partial charge is 0.248 e. The van der Waals surface area contributed by atoms with Crippen molar-refractivity contribution in [3.05, 3.63) is 243 Å².